The first-order chi connectivity index (χ1) is 24.1. The largest absolute Gasteiger partial charge is 0.467 e. The minimum absolute atomic E-state index is 0.00248. The van der Waals surface area contributed by atoms with Crippen molar-refractivity contribution in [2.24, 2.45) is 23.7 Å². The molecule has 1 aromatic rings. The Kier molecular flexibility index (Phi) is 18.9. The maximum Gasteiger partial charge on any atom is 0.408 e. The van der Waals surface area contributed by atoms with Crippen LogP contribution in [0, 0.1) is 23.7 Å². The molecule has 0 heterocycles. The number of benzene rings is 1. The lowest BCUT2D eigenvalue weighted by Crippen LogP contribution is -2.60. The Bertz CT molecular complexity index is 1330. The highest BCUT2D eigenvalue weighted by Crippen LogP contribution is 2.17. The van der Waals surface area contributed by atoms with Crippen molar-refractivity contribution in [3.63, 3.8) is 0 Å². The number of ether oxygens (including phenoxy) is 2. The van der Waals surface area contributed by atoms with Crippen molar-refractivity contribution in [3.05, 3.63) is 35.9 Å². The zero-order chi connectivity index (χ0) is 39.9. The van der Waals surface area contributed by atoms with Crippen LogP contribution in [0.4, 0.5) is 4.79 Å². The van der Waals surface area contributed by atoms with Crippen LogP contribution in [0.2, 0.25) is 0 Å². The van der Waals surface area contributed by atoms with E-state index in [2.05, 4.69) is 21.3 Å². The molecule has 0 fully saturated rings. The van der Waals surface area contributed by atoms with E-state index in [9.17, 15) is 28.8 Å². The van der Waals surface area contributed by atoms with Gasteiger partial charge in [-0.15, -0.1) is 0 Å². The monoisotopic (exact) mass is 731 g/mol. The second kappa shape index (κ2) is 21.4. The molecule has 0 aliphatic heterocycles. The van der Waals surface area contributed by atoms with Gasteiger partial charge in [0.15, 0.2) is 0 Å². The van der Waals surface area contributed by atoms with Gasteiger partial charge in [0.25, 0.3) is 0 Å². The molecule has 5 atom stereocenters. The SMILES string of the molecule is COC(=O)[C@H](Cc1ccccc1)NC(=O)[C@H](CC(C)C)NC(=O)[C@@H](C(C)C)N(C)C(=O)[C@H](CC(C)C)NC(=O)[C@@H](CC(C)C)NC(=O)OC(C)(C)C. The summed E-state index contributed by atoms with van der Waals surface area (Å²) in [6, 6.07) is 4.23. The van der Waals surface area contributed by atoms with Crippen LogP contribution < -0.4 is 21.3 Å². The number of alkyl carbamates (subject to hydrolysis) is 1. The molecule has 0 aromatic heterocycles. The summed E-state index contributed by atoms with van der Waals surface area (Å²) < 4.78 is 10.3. The number of hydrogen-bond acceptors (Lipinski definition) is 8. The summed E-state index contributed by atoms with van der Waals surface area (Å²) in [6.45, 7) is 20.2. The zero-order valence-corrected chi connectivity index (χ0v) is 33.6. The molecule has 5 amide bonds. The first kappa shape index (κ1) is 45.9. The zero-order valence-electron chi connectivity index (χ0n) is 33.6. The van der Waals surface area contributed by atoms with E-state index in [-0.39, 0.29) is 42.9 Å². The number of rotatable bonds is 19. The highest BCUT2D eigenvalue weighted by molar-refractivity contribution is 5.96. The van der Waals surface area contributed by atoms with Crippen LogP contribution in [0.15, 0.2) is 30.3 Å². The Balaban J connectivity index is 3.30. The number of likely N-dealkylation sites (N-methyl/N-ethyl adjacent to an activating group) is 1. The Hall–Kier alpha value is -4.16. The van der Waals surface area contributed by atoms with Gasteiger partial charge in [0.2, 0.25) is 23.6 Å². The van der Waals surface area contributed by atoms with E-state index in [4.69, 9.17) is 9.47 Å². The Morgan fingerprint density at radius 2 is 1.10 bits per heavy atom. The van der Waals surface area contributed by atoms with Gasteiger partial charge in [-0.25, -0.2) is 9.59 Å². The number of methoxy groups -OCH3 is 1. The van der Waals surface area contributed by atoms with Crippen LogP contribution in [0.5, 0.6) is 0 Å². The van der Waals surface area contributed by atoms with Gasteiger partial charge in [0, 0.05) is 13.5 Å². The molecule has 0 bridgehead atoms. The third-order valence-electron chi connectivity index (χ3n) is 8.13. The minimum atomic E-state index is -1.01. The van der Waals surface area contributed by atoms with E-state index >= 15 is 0 Å². The normalized spacial score (nSPS) is 14.6. The number of hydrogen-bond donors (Lipinski definition) is 4. The standard InChI is InChI=1S/C39H65N5O8/c1-23(2)19-28(33(45)42-31(37(49)51-13)22-27-17-15-14-16-18-27)40-35(47)32(26(7)8)44(12)36(48)30(21-25(5)6)41-34(46)29(20-24(3)4)43-38(50)52-39(9,10)11/h14-18,23-26,28-32H,19-22H2,1-13H3,(H,40,47)(H,41,46)(H,42,45)(H,43,50)/t28-,29+,30-,31-,32+/m0/s1. The van der Waals surface area contributed by atoms with E-state index in [0.29, 0.717) is 6.42 Å². The summed E-state index contributed by atoms with van der Waals surface area (Å²) in [5.41, 5.74) is 0.0516. The maximum absolute atomic E-state index is 14.1. The smallest absolute Gasteiger partial charge is 0.408 e. The number of nitrogens with zero attached hydrogens (tertiary/aromatic N) is 1. The first-order valence-electron chi connectivity index (χ1n) is 18.3. The number of carbonyl (C=O) groups is 6. The molecular formula is C39H65N5O8. The van der Waals surface area contributed by atoms with Gasteiger partial charge in [-0.2, -0.15) is 0 Å². The quantitative estimate of drug-likeness (QED) is 0.152. The fraction of sp³-hybridized carbons (Fsp3) is 0.692. The molecule has 1 rings (SSSR count). The molecule has 294 valence electrons. The summed E-state index contributed by atoms with van der Waals surface area (Å²) in [7, 11) is 2.75. The predicted octanol–water partition coefficient (Wildman–Crippen LogP) is 4.37. The fourth-order valence-corrected chi connectivity index (χ4v) is 5.84. The van der Waals surface area contributed by atoms with Crippen LogP contribution in [-0.4, -0.2) is 90.6 Å². The van der Waals surface area contributed by atoms with Crippen LogP contribution in [0.25, 0.3) is 0 Å². The molecule has 0 unspecified atom stereocenters. The molecule has 0 saturated carbocycles. The molecule has 0 saturated heterocycles. The molecular weight excluding hydrogens is 666 g/mol. The predicted molar refractivity (Wildman–Crippen MR) is 201 cm³/mol. The Morgan fingerprint density at radius 1 is 0.654 bits per heavy atom. The molecule has 4 N–H and O–H groups in total. The number of carbonyl (C=O) groups excluding carboxylic acids is 6. The van der Waals surface area contributed by atoms with E-state index in [1.165, 1.54) is 19.1 Å². The Labute approximate surface area is 311 Å². The summed E-state index contributed by atoms with van der Waals surface area (Å²) in [4.78, 5) is 82.0. The van der Waals surface area contributed by atoms with E-state index in [1.807, 2.05) is 71.9 Å². The van der Waals surface area contributed by atoms with Crippen molar-refractivity contribution < 1.29 is 38.2 Å². The summed E-state index contributed by atoms with van der Waals surface area (Å²) in [6.07, 6.45) is 0.306. The van der Waals surface area contributed by atoms with Crippen LogP contribution in [0.1, 0.15) is 101 Å². The highest BCUT2D eigenvalue weighted by atomic mass is 16.6. The molecule has 0 radical (unpaired) electrons. The van der Waals surface area contributed by atoms with Crippen molar-refractivity contribution >= 4 is 35.7 Å². The molecule has 0 aliphatic carbocycles. The van der Waals surface area contributed by atoms with Crippen LogP contribution >= 0.6 is 0 Å². The van der Waals surface area contributed by atoms with Gasteiger partial charge >= 0.3 is 12.1 Å². The van der Waals surface area contributed by atoms with Crippen molar-refractivity contribution in [2.45, 2.75) is 138 Å². The lowest BCUT2D eigenvalue weighted by atomic mass is 9.96. The maximum atomic E-state index is 14.1. The van der Waals surface area contributed by atoms with Crippen molar-refractivity contribution in [1.82, 2.24) is 26.2 Å². The molecule has 1 aromatic carbocycles. The third kappa shape index (κ3) is 16.5. The van der Waals surface area contributed by atoms with Gasteiger partial charge in [0.1, 0.15) is 35.8 Å². The molecule has 13 heteroatoms. The van der Waals surface area contributed by atoms with Crippen molar-refractivity contribution in [2.75, 3.05) is 14.2 Å². The topological polar surface area (TPSA) is 172 Å². The molecule has 0 aliphatic rings. The van der Waals surface area contributed by atoms with Gasteiger partial charge in [-0.05, 0) is 69.3 Å². The second-order valence-corrected chi connectivity index (χ2v) is 16.1. The van der Waals surface area contributed by atoms with Gasteiger partial charge in [-0.1, -0.05) is 85.7 Å². The van der Waals surface area contributed by atoms with Gasteiger partial charge in [0.05, 0.1) is 7.11 Å². The van der Waals surface area contributed by atoms with E-state index in [1.54, 1.807) is 34.6 Å². The highest BCUT2D eigenvalue weighted by Gasteiger charge is 2.38. The molecule has 0 spiro atoms. The van der Waals surface area contributed by atoms with Crippen molar-refractivity contribution in [3.8, 4) is 0 Å². The van der Waals surface area contributed by atoms with E-state index in [0.717, 1.165) is 5.56 Å². The van der Waals surface area contributed by atoms with Gasteiger partial charge in [-0.3, -0.25) is 19.2 Å². The average Bonchev–Trinajstić information content (AvgIpc) is 3.01. The third-order valence-corrected chi connectivity index (χ3v) is 8.13. The second-order valence-electron chi connectivity index (χ2n) is 16.1. The number of nitrogens with one attached hydrogen (secondary N) is 4. The minimum Gasteiger partial charge on any atom is -0.467 e. The lowest BCUT2D eigenvalue weighted by Gasteiger charge is -2.35. The Morgan fingerprint density at radius 3 is 1.54 bits per heavy atom. The first-order valence-corrected chi connectivity index (χ1v) is 18.3. The van der Waals surface area contributed by atoms with Crippen molar-refractivity contribution in [1.29, 1.82) is 0 Å². The number of amides is 5. The summed E-state index contributed by atoms with van der Waals surface area (Å²) in [5, 5.41) is 11.1. The van der Waals surface area contributed by atoms with E-state index < -0.39 is 71.5 Å². The number of esters is 1. The van der Waals surface area contributed by atoms with Crippen LogP contribution in [0.3, 0.4) is 0 Å². The molecule has 52 heavy (non-hydrogen) atoms. The molecule has 13 nitrogen and oxygen atoms in total. The van der Waals surface area contributed by atoms with Gasteiger partial charge < -0.3 is 35.6 Å². The summed E-state index contributed by atoms with van der Waals surface area (Å²) >= 11 is 0. The lowest BCUT2D eigenvalue weighted by molar-refractivity contribution is -0.146. The summed E-state index contributed by atoms with van der Waals surface area (Å²) in [5.74, 6) is -3.10. The average molecular weight is 732 g/mol. The van der Waals surface area contributed by atoms with Crippen LogP contribution in [-0.2, 0) is 39.9 Å². The fourth-order valence-electron chi connectivity index (χ4n) is 5.84.